The average molecular weight is 983 g/mol. The maximum absolute atomic E-state index is 13.0. The molecule has 0 aliphatic heterocycles. The van der Waals surface area contributed by atoms with Crippen LogP contribution in [0.5, 0.6) is 23.3 Å². The van der Waals surface area contributed by atoms with Gasteiger partial charge in [0.05, 0.1) is 26.4 Å². The number of halogens is 1. The molecule has 0 radical (unpaired) electrons. The number of nitrogens with one attached hydrogen (secondary N) is 4. The van der Waals surface area contributed by atoms with E-state index >= 15 is 0 Å². The number of methoxy groups -OCH3 is 2. The highest BCUT2D eigenvalue weighted by molar-refractivity contribution is 5.92. The predicted molar refractivity (Wildman–Crippen MR) is 256 cm³/mol. The third-order valence-corrected chi connectivity index (χ3v) is 10.5. The SMILES string of the molecule is CCCn1c(=O)c2[nH]c(-c3cc(OCC(=O)Nc4ccc(F)cc4)no3)nc2n(CCC)c1=O.CCCn1c(=O)c2[nH]c(-c3cc(OCC(=O)Nc4ccc(OC)c(OC)c4)no3)nc2n(CCC)c1=O. The molecule has 0 spiro atoms. The molecule has 2 aromatic carbocycles. The minimum absolute atomic E-state index is 0.0269. The van der Waals surface area contributed by atoms with Crippen LogP contribution in [-0.4, -0.2) is 87.8 Å². The molecular formula is C46H51FN12O12. The third kappa shape index (κ3) is 11.2. The van der Waals surface area contributed by atoms with Gasteiger partial charge in [-0.1, -0.05) is 27.7 Å². The van der Waals surface area contributed by atoms with E-state index in [1.54, 1.807) is 18.2 Å². The molecule has 0 fully saturated rings. The number of ether oxygens (including phenoxy) is 4. The standard InChI is InChI=1S/C24H28N6O7.C22H23FN6O5/c1-5-9-29-22-20(23(32)30(10-6-2)24(29)33)26-21(27-22)17-12-19(28-37-17)36-13-18(31)25-14-7-8-15(34-3)16(11-14)35-4;1-3-9-28-20-18(21(31)29(10-4-2)22(28)32)25-19(26-20)15-11-17(27-34-15)33-12-16(30)24-14-7-5-13(23)6-8-14/h7-8,11-12H,5-6,9-10,13H2,1-4H3,(H,25,31)(H,26,27);5-8,11H,3-4,9-10,12H2,1-2H3,(H,24,30)(H,25,26). The van der Waals surface area contributed by atoms with Gasteiger partial charge >= 0.3 is 11.4 Å². The Morgan fingerprint density at radius 1 is 0.592 bits per heavy atom. The van der Waals surface area contributed by atoms with E-state index in [1.165, 1.54) is 68.9 Å². The van der Waals surface area contributed by atoms with Gasteiger partial charge in [-0.05, 0) is 72.4 Å². The number of imidazole rings is 2. The Morgan fingerprint density at radius 2 is 1.01 bits per heavy atom. The molecule has 25 heteroatoms. The molecule has 8 aromatic rings. The van der Waals surface area contributed by atoms with Crippen LogP contribution in [0.25, 0.3) is 45.5 Å². The Hall–Kier alpha value is -8.77. The van der Waals surface area contributed by atoms with Gasteiger partial charge < -0.3 is 48.6 Å². The van der Waals surface area contributed by atoms with Crippen molar-refractivity contribution in [3.8, 4) is 46.4 Å². The van der Waals surface area contributed by atoms with Crippen molar-refractivity contribution in [2.75, 3.05) is 38.1 Å². The molecule has 374 valence electrons. The second kappa shape index (κ2) is 22.6. The topological polar surface area (TPSA) is 293 Å². The zero-order valence-electron chi connectivity index (χ0n) is 39.6. The normalized spacial score (nSPS) is 11.1. The van der Waals surface area contributed by atoms with Crippen LogP contribution in [-0.2, 0) is 35.8 Å². The largest absolute Gasteiger partial charge is 0.493 e. The second-order valence-electron chi connectivity index (χ2n) is 15.7. The number of aromatic amines is 2. The van der Waals surface area contributed by atoms with E-state index in [0.717, 1.165) is 0 Å². The molecule has 4 N–H and O–H groups in total. The number of aromatic nitrogens is 10. The van der Waals surface area contributed by atoms with Crippen molar-refractivity contribution in [1.29, 1.82) is 0 Å². The average Bonchev–Trinajstić information content (AvgIpc) is 4.21. The first-order valence-corrected chi connectivity index (χ1v) is 22.5. The molecule has 2 amide bonds. The fourth-order valence-electron chi connectivity index (χ4n) is 7.26. The Labute approximate surface area is 401 Å². The maximum Gasteiger partial charge on any atom is 0.332 e. The van der Waals surface area contributed by atoms with E-state index in [4.69, 9.17) is 28.0 Å². The first-order chi connectivity index (χ1) is 34.3. The highest BCUT2D eigenvalue weighted by Crippen LogP contribution is 2.30. The summed E-state index contributed by atoms with van der Waals surface area (Å²) in [5.74, 6) is 0.530. The molecule has 0 unspecified atom stereocenters. The molecule has 0 saturated heterocycles. The number of carbonyl (C=O) groups excluding carboxylic acids is 2. The number of hydrogen-bond donors (Lipinski definition) is 4. The Morgan fingerprint density at radius 3 is 1.45 bits per heavy atom. The lowest BCUT2D eigenvalue weighted by molar-refractivity contribution is -0.118. The van der Waals surface area contributed by atoms with E-state index in [0.29, 0.717) is 74.7 Å². The van der Waals surface area contributed by atoms with Gasteiger partial charge in [0.25, 0.3) is 34.7 Å². The van der Waals surface area contributed by atoms with Gasteiger partial charge in [-0.2, -0.15) is 0 Å². The van der Waals surface area contributed by atoms with Crippen LogP contribution in [0.2, 0.25) is 0 Å². The first-order valence-electron chi connectivity index (χ1n) is 22.5. The van der Waals surface area contributed by atoms with Gasteiger partial charge in [-0.3, -0.25) is 37.4 Å². The van der Waals surface area contributed by atoms with Gasteiger partial charge in [-0.25, -0.2) is 23.9 Å². The number of carbonyl (C=O) groups is 2. The lowest BCUT2D eigenvalue weighted by Gasteiger charge is -2.10. The molecule has 0 saturated carbocycles. The maximum atomic E-state index is 13.0. The summed E-state index contributed by atoms with van der Waals surface area (Å²) in [4.78, 5) is 90.4. The molecule has 71 heavy (non-hydrogen) atoms. The fraction of sp³-hybridized carbons (Fsp3) is 0.348. The zero-order chi connectivity index (χ0) is 50.8. The van der Waals surface area contributed by atoms with Crippen molar-refractivity contribution in [3.63, 3.8) is 0 Å². The summed E-state index contributed by atoms with van der Waals surface area (Å²) in [5, 5.41) is 12.8. The summed E-state index contributed by atoms with van der Waals surface area (Å²) < 4.78 is 50.0. The van der Waals surface area contributed by atoms with Crippen molar-refractivity contribution in [1.82, 2.24) is 48.5 Å². The lowest BCUT2D eigenvalue weighted by Crippen LogP contribution is -2.40. The van der Waals surface area contributed by atoms with Crippen LogP contribution in [0, 0.1) is 5.82 Å². The minimum Gasteiger partial charge on any atom is -0.493 e. The van der Waals surface area contributed by atoms with Crippen molar-refractivity contribution < 1.29 is 42.0 Å². The molecule has 0 aliphatic rings. The second-order valence-corrected chi connectivity index (χ2v) is 15.7. The van der Waals surface area contributed by atoms with Crippen LogP contribution in [0.1, 0.15) is 53.4 Å². The van der Waals surface area contributed by atoms with Gasteiger partial charge in [0.15, 0.2) is 58.7 Å². The van der Waals surface area contributed by atoms with E-state index in [2.05, 4.69) is 40.9 Å². The number of hydrogen-bond acceptors (Lipinski definition) is 16. The summed E-state index contributed by atoms with van der Waals surface area (Å²) in [6.07, 6.45) is 2.64. The van der Waals surface area contributed by atoms with Gasteiger partial charge in [-0.15, -0.1) is 0 Å². The van der Waals surface area contributed by atoms with Crippen molar-refractivity contribution in [2.24, 2.45) is 0 Å². The van der Waals surface area contributed by atoms with Crippen LogP contribution >= 0.6 is 0 Å². The number of rotatable bonds is 20. The molecule has 0 bridgehead atoms. The molecule has 6 aromatic heterocycles. The Kier molecular flexibility index (Phi) is 15.9. The van der Waals surface area contributed by atoms with E-state index in [9.17, 15) is 33.2 Å². The zero-order valence-corrected chi connectivity index (χ0v) is 39.6. The fourth-order valence-corrected chi connectivity index (χ4v) is 7.26. The molecule has 0 aliphatic carbocycles. The van der Waals surface area contributed by atoms with Crippen LogP contribution in [0.3, 0.4) is 0 Å². The number of fused-ring (bicyclic) bond motifs is 2. The van der Waals surface area contributed by atoms with Crippen molar-refractivity contribution >= 4 is 45.5 Å². The molecule has 6 heterocycles. The number of nitrogens with zero attached hydrogens (tertiary/aromatic N) is 8. The minimum atomic E-state index is -0.472. The summed E-state index contributed by atoms with van der Waals surface area (Å²) in [7, 11) is 3.02. The molecule has 24 nitrogen and oxygen atoms in total. The van der Waals surface area contributed by atoms with E-state index < -0.39 is 40.1 Å². The highest BCUT2D eigenvalue weighted by atomic mass is 19.1. The summed E-state index contributed by atoms with van der Waals surface area (Å²) in [6.45, 7) is 8.34. The highest BCUT2D eigenvalue weighted by Gasteiger charge is 2.22. The Bertz CT molecular complexity index is 3410. The quantitative estimate of drug-likeness (QED) is 0.0788. The number of benzene rings is 2. The van der Waals surface area contributed by atoms with Gasteiger partial charge in [0, 0.05) is 43.6 Å². The van der Waals surface area contributed by atoms with Crippen molar-refractivity contribution in [3.05, 3.63) is 102 Å². The third-order valence-electron chi connectivity index (χ3n) is 10.5. The van der Waals surface area contributed by atoms with Gasteiger partial charge in [0.2, 0.25) is 11.5 Å². The smallest absolute Gasteiger partial charge is 0.332 e. The Balaban J connectivity index is 0.000000209. The monoisotopic (exact) mass is 982 g/mol. The number of amides is 2. The van der Waals surface area contributed by atoms with Crippen molar-refractivity contribution in [2.45, 2.75) is 79.6 Å². The molecule has 8 rings (SSSR count). The van der Waals surface area contributed by atoms with Gasteiger partial charge in [0.1, 0.15) is 5.82 Å². The predicted octanol–water partition coefficient (Wildman–Crippen LogP) is 4.91. The van der Waals surface area contributed by atoms with Crippen LogP contribution < -0.4 is 52.1 Å². The molecule has 0 atom stereocenters. The van der Waals surface area contributed by atoms with Crippen LogP contribution in [0.15, 0.2) is 82.8 Å². The van der Waals surface area contributed by atoms with E-state index in [1.807, 2.05) is 27.7 Å². The first kappa shape index (κ1) is 50.1. The van der Waals surface area contributed by atoms with Crippen LogP contribution in [0.4, 0.5) is 15.8 Å². The number of aryl methyl sites for hydroxylation is 2. The van der Waals surface area contributed by atoms with E-state index in [-0.39, 0.29) is 70.5 Å². The lowest BCUT2D eigenvalue weighted by atomic mass is 10.2. The summed E-state index contributed by atoms with van der Waals surface area (Å²) in [6, 6.07) is 13.1. The summed E-state index contributed by atoms with van der Waals surface area (Å²) in [5.41, 5.74) is 0.0700. The number of anilines is 2. The summed E-state index contributed by atoms with van der Waals surface area (Å²) >= 11 is 0. The number of H-pyrrole nitrogens is 2. The molecular weight excluding hydrogens is 932 g/mol.